The van der Waals surface area contributed by atoms with E-state index in [1.165, 1.54) is 0 Å². The maximum absolute atomic E-state index is 4.35. The van der Waals surface area contributed by atoms with Crippen molar-refractivity contribution in [2.75, 3.05) is 0 Å². The zero-order chi connectivity index (χ0) is 16.3. The molecule has 0 spiro atoms. The molecule has 122 valence electrons. The van der Waals surface area contributed by atoms with Gasteiger partial charge in [0, 0.05) is 23.7 Å². The summed E-state index contributed by atoms with van der Waals surface area (Å²) < 4.78 is 0. The summed E-state index contributed by atoms with van der Waals surface area (Å²) in [4.78, 5) is 3.35. The van der Waals surface area contributed by atoms with Crippen LogP contribution in [0.4, 0.5) is 0 Å². The molecule has 2 heterocycles. The van der Waals surface area contributed by atoms with Gasteiger partial charge in [-0.1, -0.05) is 41.5 Å². The molecule has 5 nitrogen and oxygen atoms in total. The second-order valence-electron chi connectivity index (χ2n) is 6.76. The normalized spacial score (nSPS) is 14.7. The molecule has 2 aromatic heterocycles. The second kappa shape index (κ2) is 7.31. The molecule has 22 heavy (non-hydrogen) atoms. The molecule has 2 unspecified atom stereocenters. The Kier molecular flexibility index (Phi) is 5.67. The zero-order valence-electron chi connectivity index (χ0n) is 14.4. The molecule has 0 aromatic carbocycles. The SMILES string of the molecule is CC(C)c1nnc(C(C)CCC(C)c2nnc(C(C)C)s2)[nH]1. The molecule has 2 atom stereocenters. The van der Waals surface area contributed by atoms with E-state index < -0.39 is 0 Å². The summed E-state index contributed by atoms with van der Waals surface area (Å²) >= 11 is 1.75. The minimum atomic E-state index is 0.389. The van der Waals surface area contributed by atoms with E-state index in [4.69, 9.17) is 0 Å². The van der Waals surface area contributed by atoms with Crippen molar-refractivity contribution >= 4 is 11.3 Å². The Bertz CT molecular complexity index is 535. The summed E-state index contributed by atoms with van der Waals surface area (Å²) in [5.74, 6) is 3.65. The summed E-state index contributed by atoms with van der Waals surface area (Å²) in [7, 11) is 0. The molecular formula is C16H27N5S. The second-order valence-corrected chi connectivity index (χ2v) is 7.80. The van der Waals surface area contributed by atoms with Crippen LogP contribution in [-0.4, -0.2) is 25.4 Å². The van der Waals surface area contributed by atoms with Gasteiger partial charge >= 0.3 is 0 Å². The van der Waals surface area contributed by atoms with Gasteiger partial charge in [0.1, 0.15) is 21.7 Å². The van der Waals surface area contributed by atoms with Gasteiger partial charge in [0.2, 0.25) is 0 Å². The Morgan fingerprint density at radius 1 is 0.727 bits per heavy atom. The third-order valence-electron chi connectivity index (χ3n) is 3.94. The third-order valence-corrected chi connectivity index (χ3v) is 5.40. The minimum absolute atomic E-state index is 0.389. The monoisotopic (exact) mass is 321 g/mol. The molecule has 0 saturated carbocycles. The number of hydrogen-bond acceptors (Lipinski definition) is 5. The number of aromatic nitrogens is 5. The van der Waals surface area contributed by atoms with E-state index in [0.29, 0.717) is 23.7 Å². The molecule has 0 radical (unpaired) electrons. The lowest BCUT2D eigenvalue weighted by molar-refractivity contribution is 0.552. The fourth-order valence-corrected chi connectivity index (χ4v) is 3.14. The highest BCUT2D eigenvalue weighted by Crippen LogP contribution is 2.30. The minimum Gasteiger partial charge on any atom is -0.328 e. The summed E-state index contributed by atoms with van der Waals surface area (Å²) in [5, 5.41) is 19.4. The number of nitrogens with zero attached hydrogens (tertiary/aromatic N) is 4. The van der Waals surface area contributed by atoms with Crippen molar-refractivity contribution < 1.29 is 0 Å². The number of H-pyrrole nitrogens is 1. The molecule has 2 rings (SSSR count). The molecule has 0 amide bonds. The van der Waals surface area contributed by atoms with Crippen LogP contribution in [0, 0.1) is 0 Å². The van der Waals surface area contributed by atoms with Gasteiger partial charge in [-0.3, -0.25) is 0 Å². The van der Waals surface area contributed by atoms with Crippen LogP contribution in [0.5, 0.6) is 0 Å². The average molecular weight is 321 g/mol. The first-order valence-corrected chi connectivity index (χ1v) is 8.95. The summed E-state index contributed by atoms with van der Waals surface area (Å²) in [6.45, 7) is 13.0. The highest BCUT2D eigenvalue weighted by Gasteiger charge is 2.17. The first kappa shape index (κ1) is 17.1. The van der Waals surface area contributed by atoms with Gasteiger partial charge < -0.3 is 4.98 Å². The number of nitrogens with one attached hydrogen (secondary N) is 1. The van der Waals surface area contributed by atoms with E-state index in [1.54, 1.807) is 11.3 Å². The quantitative estimate of drug-likeness (QED) is 0.810. The Balaban J connectivity index is 1.90. The van der Waals surface area contributed by atoms with Crippen LogP contribution in [0.3, 0.4) is 0 Å². The van der Waals surface area contributed by atoms with E-state index in [9.17, 15) is 0 Å². The van der Waals surface area contributed by atoms with E-state index >= 15 is 0 Å². The van der Waals surface area contributed by atoms with Crippen molar-refractivity contribution in [1.29, 1.82) is 0 Å². The average Bonchev–Trinajstić information content (AvgIpc) is 3.12. The van der Waals surface area contributed by atoms with Crippen molar-refractivity contribution in [3.8, 4) is 0 Å². The number of rotatable bonds is 7. The van der Waals surface area contributed by atoms with Crippen molar-refractivity contribution in [2.24, 2.45) is 0 Å². The van der Waals surface area contributed by atoms with E-state index in [2.05, 4.69) is 66.9 Å². The van der Waals surface area contributed by atoms with Crippen LogP contribution in [-0.2, 0) is 0 Å². The maximum atomic E-state index is 4.35. The van der Waals surface area contributed by atoms with E-state index in [1.807, 2.05) is 0 Å². The molecule has 0 fully saturated rings. The smallest absolute Gasteiger partial charge is 0.133 e. The van der Waals surface area contributed by atoms with Crippen LogP contribution in [0.25, 0.3) is 0 Å². The predicted molar refractivity (Wildman–Crippen MR) is 90.5 cm³/mol. The molecule has 0 aliphatic heterocycles. The highest BCUT2D eigenvalue weighted by molar-refractivity contribution is 7.11. The van der Waals surface area contributed by atoms with Crippen LogP contribution in [0.1, 0.15) is 99.7 Å². The highest BCUT2D eigenvalue weighted by atomic mass is 32.1. The predicted octanol–water partition coefficient (Wildman–Crippen LogP) is 4.59. The van der Waals surface area contributed by atoms with Crippen molar-refractivity contribution in [3.63, 3.8) is 0 Å². The van der Waals surface area contributed by atoms with Crippen molar-refractivity contribution in [1.82, 2.24) is 25.4 Å². The fraction of sp³-hybridized carbons (Fsp3) is 0.750. The van der Waals surface area contributed by atoms with E-state index in [0.717, 1.165) is 34.5 Å². The maximum Gasteiger partial charge on any atom is 0.133 e. The fourth-order valence-electron chi connectivity index (χ4n) is 2.21. The van der Waals surface area contributed by atoms with Crippen LogP contribution < -0.4 is 0 Å². The largest absolute Gasteiger partial charge is 0.328 e. The molecule has 0 bridgehead atoms. The third kappa shape index (κ3) is 4.12. The summed E-state index contributed by atoms with van der Waals surface area (Å²) in [6.07, 6.45) is 2.16. The lowest BCUT2D eigenvalue weighted by atomic mass is 9.98. The van der Waals surface area contributed by atoms with Gasteiger partial charge in [0.05, 0.1) is 0 Å². The molecule has 1 N–H and O–H groups in total. The first-order chi connectivity index (χ1) is 10.4. The lowest BCUT2D eigenvalue weighted by Crippen LogP contribution is -2.01. The molecule has 6 heteroatoms. The van der Waals surface area contributed by atoms with Gasteiger partial charge in [-0.2, -0.15) is 0 Å². The van der Waals surface area contributed by atoms with Gasteiger partial charge in [0.15, 0.2) is 0 Å². The Labute approximate surface area is 137 Å². The van der Waals surface area contributed by atoms with E-state index in [-0.39, 0.29) is 0 Å². The van der Waals surface area contributed by atoms with Crippen molar-refractivity contribution in [3.05, 3.63) is 21.7 Å². The number of aromatic amines is 1. The molecular weight excluding hydrogens is 294 g/mol. The molecule has 0 aliphatic rings. The standard InChI is InChI=1S/C16H27N5S/c1-9(2)13-17-14(19-18-13)11(5)7-8-12(6)16-21-20-15(22-16)10(3)4/h9-12H,7-8H2,1-6H3,(H,17,18,19). The molecule has 2 aromatic rings. The number of hydrogen-bond donors (Lipinski definition) is 1. The Morgan fingerprint density at radius 3 is 1.86 bits per heavy atom. The molecule has 0 saturated heterocycles. The summed E-state index contributed by atoms with van der Waals surface area (Å²) in [6, 6.07) is 0. The van der Waals surface area contributed by atoms with Crippen molar-refractivity contribution in [2.45, 2.75) is 78.1 Å². The summed E-state index contributed by atoms with van der Waals surface area (Å²) in [5.41, 5.74) is 0. The van der Waals surface area contributed by atoms with Gasteiger partial charge in [0.25, 0.3) is 0 Å². The Morgan fingerprint density at radius 2 is 1.32 bits per heavy atom. The first-order valence-electron chi connectivity index (χ1n) is 8.14. The van der Waals surface area contributed by atoms with Gasteiger partial charge in [-0.05, 0) is 12.8 Å². The molecule has 0 aliphatic carbocycles. The van der Waals surface area contributed by atoms with Crippen LogP contribution in [0.15, 0.2) is 0 Å². The van der Waals surface area contributed by atoms with Crippen LogP contribution in [0.2, 0.25) is 0 Å². The Hall–Kier alpha value is -1.30. The van der Waals surface area contributed by atoms with Gasteiger partial charge in [-0.15, -0.1) is 31.7 Å². The lowest BCUT2D eigenvalue weighted by Gasteiger charge is -2.11. The van der Waals surface area contributed by atoms with Crippen LogP contribution >= 0.6 is 11.3 Å². The zero-order valence-corrected chi connectivity index (χ0v) is 15.2. The van der Waals surface area contributed by atoms with Gasteiger partial charge in [-0.25, -0.2) is 0 Å². The topological polar surface area (TPSA) is 67.3 Å².